The number of hydrogen-bond donors (Lipinski definition) is 0. The number of aromatic nitrogens is 1. The van der Waals surface area contributed by atoms with Crippen molar-refractivity contribution in [2.45, 2.75) is 12.7 Å². The molecule has 0 saturated heterocycles. The molecule has 0 atom stereocenters. The van der Waals surface area contributed by atoms with Crippen LogP contribution in [0.4, 0.5) is 26.3 Å². The van der Waals surface area contributed by atoms with Crippen LogP contribution in [0.5, 0.6) is 11.5 Å². The number of nitrogens with zero attached hydrogens (tertiary/aromatic N) is 2. The minimum Gasteiger partial charge on any atom is -0.405 e. The molecular weight excluding hydrogens is 414 g/mol. The molecule has 1 heterocycles. The van der Waals surface area contributed by atoms with Gasteiger partial charge in [-0.15, -0.1) is 26.3 Å². The Hall–Kier alpha value is -3.74. The maximum Gasteiger partial charge on any atom is 0.573 e. The molecule has 1 aromatic heterocycles. The molecule has 10 heteroatoms. The number of hydrogen-bond acceptors (Lipinski definition) is 4. The van der Waals surface area contributed by atoms with E-state index in [1.54, 1.807) is 6.07 Å². The highest BCUT2D eigenvalue weighted by atomic mass is 19.4. The molecule has 0 fully saturated rings. The Morgan fingerprint density at radius 3 is 1.77 bits per heavy atom. The highest BCUT2D eigenvalue weighted by Crippen LogP contribution is 2.39. The Balaban J connectivity index is 2.16. The maximum atomic E-state index is 12.7. The first-order valence-corrected chi connectivity index (χ1v) is 8.18. The minimum absolute atomic E-state index is 0.0118. The SMILES string of the molecule is N#Cc1ncc(-c2ccccc2OC(F)(F)F)cc1-c1ccccc1OC(F)(F)F. The summed E-state index contributed by atoms with van der Waals surface area (Å²) in [5.74, 6) is -1.11. The Morgan fingerprint density at radius 1 is 0.733 bits per heavy atom. The number of ether oxygens (including phenoxy) is 2. The van der Waals surface area contributed by atoms with E-state index in [0.717, 1.165) is 18.3 Å². The fourth-order valence-electron chi connectivity index (χ4n) is 2.73. The molecule has 0 N–H and O–H groups in total. The fourth-order valence-corrected chi connectivity index (χ4v) is 2.73. The number of halogens is 6. The van der Waals surface area contributed by atoms with Crippen LogP contribution in [0.25, 0.3) is 22.3 Å². The lowest BCUT2D eigenvalue weighted by molar-refractivity contribution is -0.275. The number of nitriles is 1. The van der Waals surface area contributed by atoms with Crippen LogP contribution in [-0.2, 0) is 0 Å². The van der Waals surface area contributed by atoms with Crippen LogP contribution in [0, 0.1) is 11.3 Å². The summed E-state index contributed by atoms with van der Waals surface area (Å²) in [5.41, 5.74) is -0.286. The van der Waals surface area contributed by atoms with Crippen molar-refractivity contribution < 1.29 is 35.8 Å². The normalized spacial score (nSPS) is 11.6. The van der Waals surface area contributed by atoms with E-state index in [-0.39, 0.29) is 27.9 Å². The number of benzene rings is 2. The molecule has 0 aliphatic rings. The quantitative estimate of drug-likeness (QED) is 0.476. The number of para-hydroxylation sites is 2. The molecular formula is C20H10F6N2O2. The largest absolute Gasteiger partial charge is 0.573 e. The van der Waals surface area contributed by atoms with Gasteiger partial charge in [-0.3, -0.25) is 0 Å². The summed E-state index contributed by atoms with van der Waals surface area (Å²) in [7, 11) is 0. The molecule has 0 spiro atoms. The van der Waals surface area contributed by atoms with Gasteiger partial charge in [0.05, 0.1) is 0 Å². The van der Waals surface area contributed by atoms with Crippen molar-refractivity contribution in [3.63, 3.8) is 0 Å². The predicted molar refractivity (Wildman–Crippen MR) is 93.2 cm³/mol. The summed E-state index contributed by atoms with van der Waals surface area (Å²) < 4.78 is 84.4. The monoisotopic (exact) mass is 424 g/mol. The number of pyridine rings is 1. The molecule has 3 aromatic rings. The molecule has 0 bridgehead atoms. The molecule has 0 amide bonds. The predicted octanol–water partition coefficient (Wildman–Crippen LogP) is 6.08. The van der Waals surface area contributed by atoms with E-state index in [1.165, 1.54) is 42.5 Å². The molecule has 0 unspecified atom stereocenters. The van der Waals surface area contributed by atoms with Crippen LogP contribution in [0.15, 0.2) is 60.8 Å². The van der Waals surface area contributed by atoms with Gasteiger partial charge in [-0.25, -0.2) is 4.98 Å². The zero-order chi connectivity index (χ0) is 21.9. The molecule has 2 aromatic carbocycles. The van der Waals surface area contributed by atoms with Crippen molar-refractivity contribution in [3.05, 3.63) is 66.5 Å². The number of rotatable bonds is 4. The molecule has 3 rings (SSSR count). The van der Waals surface area contributed by atoms with Gasteiger partial charge in [-0.2, -0.15) is 5.26 Å². The summed E-state index contributed by atoms with van der Waals surface area (Å²) in [6, 6.07) is 13.3. The Morgan fingerprint density at radius 2 is 1.23 bits per heavy atom. The zero-order valence-corrected chi connectivity index (χ0v) is 14.8. The van der Waals surface area contributed by atoms with E-state index < -0.39 is 24.2 Å². The molecule has 0 aliphatic heterocycles. The second kappa shape index (κ2) is 7.94. The first-order chi connectivity index (χ1) is 14.1. The topological polar surface area (TPSA) is 55.1 Å². The third-order valence-electron chi connectivity index (χ3n) is 3.82. The van der Waals surface area contributed by atoms with Gasteiger partial charge in [0.2, 0.25) is 0 Å². The molecule has 4 nitrogen and oxygen atoms in total. The molecule has 0 aliphatic carbocycles. The Kier molecular flexibility index (Phi) is 5.56. The average Bonchev–Trinajstić information content (AvgIpc) is 2.66. The summed E-state index contributed by atoms with van der Waals surface area (Å²) in [5, 5.41) is 9.32. The first kappa shape index (κ1) is 21.0. The fraction of sp³-hybridized carbons (Fsp3) is 0.100. The second-order valence-electron chi connectivity index (χ2n) is 5.82. The van der Waals surface area contributed by atoms with Crippen LogP contribution in [0.3, 0.4) is 0 Å². The summed E-state index contributed by atoms with van der Waals surface area (Å²) >= 11 is 0. The molecule has 0 radical (unpaired) electrons. The average molecular weight is 424 g/mol. The van der Waals surface area contributed by atoms with Gasteiger partial charge >= 0.3 is 12.7 Å². The number of alkyl halides is 6. The van der Waals surface area contributed by atoms with E-state index in [4.69, 9.17) is 0 Å². The standard InChI is InChI=1S/C20H10F6N2O2/c21-19(22,23)29-17-7-3-1-5-13(17)12-9-15(16(10-27)28-11-12)14-6-2-4-8-18(14)30-20(24,25)26/h1-9,11H. The van der Waals surface area contributed by atoms with Gasteiger partial charge in [0, 0.05) is 28.5 Å². The lowest BCUT2D eigenvalue weighted by Crippen LogP contribution is -2.17. The first-order valence-electron chi connectivity index (χ1n) is 8.18. The van der Waals surface area contributed by atoms with E-state index in [1.807, 2.05) is 0 Å². The van der Waals surface area contributed by atoms with Gasteiger partial charge in [-0.1, -0.05) is 36.4 Å². The highest BCUT2D eigenvalue weighted by Gasteiger charge is 2.33. The van der Waals surface area contributed by atoms with Crippen molar-refractivity contribution in [1.82, 2.24) is 4.98 Å². The Labute approximate surface area is 165 Å². The maximum absolute atomic E-state index is 12.7. The minimum atomic E-state index is -4.99. The van der Waals surface area contributed by atoms with Crippen LogP contribution in [0.2, 0.25) is 0 Å². The van der Waals surface area contributed by atoms with Gasteiger partial charge in [0.1, 0.15) is 23.3 Å². The van der Waals surface area contributed by atoms with Crippen molar-refractivity contribution in [2.75, 3.05) is 0 Å². The van der Waals surface area contributed by atoms with Crippen molar-refractivity contribution >= 4 is 0 Å². The third kappa shape index (κ3) is 5.00. The van der Waals surface area contributed by atoms with Gasteiger partial charge in [0.15, 0.2) is 0 Å². The summed E-state index contributed by atoms with van der Waals surface area (Å²) in [6.45, 7) is 0. The van der Waals surface area contributed by atoms with Gasteiger partial charge in [0.25, 0.3) is 0 Å². The lowest BCUT2D eigenvalue weighted by atomic mass is 9.98. The van der Waals surface area contributed by atoms with Crippen molar-refractivity contribution in [2.24, 2.45) is 0 Å². The van der Waals surface area contributed by atoms with E-state index in [2.05, 4.69) is 14.5 Å². The van der Waals surface area contributed by atoms with Crippen molar-refractivity contribution in [1.29, 1.82) is 5.26 Å². The van der Waals surface area contributed by atoms with E-state index >= 15 is 0 Å². The highest BCUT2D eigenvalue weighted by molar-refractivity contribution is 5.80. The van der Waals surface area contributed by atoms with Crippen LogP contribution in [0.1, 0.15) is 5.69 Å². The zero-order valence-electron chi connectivity index (χ0n) is 14.8. The smallest absolute Gasteiger partial charge is 0.405 e. The van der Waals surface area contributed by atoms with Gasteiger partial charge in [-0.05, 0) is 18.2 Å². The van der Waals surface area contributed by atoms with Crippen LogP contribution in [-0.4, -0.2) is 17.7 Å². The molecule has 30 heavy (non-hydrogen) atoms. The third-order valence-corrected chi connectivity index (χ3v) is 3.82. The van der Waals surface area contributed by atoms with Crippen LogP contribution < -0.4 is 9.47 Å². The summed E-state index contributed by atoms with van der Waals surface area (Å²) in [4.78, 5) is 3.89. The molecule has 0 saturated carbocycles. The van der Waals surface area contributed by atoms with Gasteiger partial charge < -0.3 is 9.47 Å². The van der Waals surface area contributed by atoms with E-state index in [0.29, 0.717) is 0 Å². The van der Waals surface area contributed by atoms with Crippen molar-refractivity contribution in [3.8, 4) is 39.8 Å². The van der Waals surface area contributed by atoms with Crippen LogP contribution >= 0.6 is 0 Å². The molecule has 154 valence electrons. The Bertz CT molecular complexity index is 1100. The second-order valence-corrected chi connectivity index (χ2v) is 5.82. The lowest BCUT2D eigenvalue weighted by Gasteiger charge is -2.16. The summed E-state index contributed by atoms with van der Waals surface area (Å²) in [6.07, 6.45) is -8.80. The van der Waals surface area contributed by atoms with E-state index in [9.17, 15) is 31.6 Å².